The van der Waals surface area contributed by atoms with Crippen LogP contribution < -0.4 is 0 Å². The van der Waals surface area contributed by atoms with Crippen molar-refractivity contribution in [1.29, 1.82) is 0 Å². The second kappa shape index (κ2) is 3.60. The highest BCUT2D eigenvalue weighted by atomic mass is 14.4. The van der Waals surface area contributed by atoms with E-state index in [2.05, 4.69) is 20.8 Å². The molecule has 0 heteroatoms. The number of hydrogen-bond donors (Lipinski definition) is 0. The molecule has 0 aromatic rings. The van der Waals surface area contributed by atoms with E-state index in [-0.39, 0.29) is 0 Å². The van der Waals surface area contributed by atoms with Gasteiger partial charge in [-0.1, -0.05) is 40.0 Å². The first-order valence-electron chi connectivity index (χ1n) is 5.20. The van der Waals surface area contributed by atoms with Crippen molar-refractivity contribution >= 4 is 0 Å². The molecular formula is C11H22. The first kappa shape index (κ1) is 9.09. The number of rotatable bonds is 4. The van der Waals surface area contributed by atoms with E-state index in [0.717, 1.165) is 11.3 Å². The molecule has 1 aliphatic carbocycles. The molecule has 0 spiro atoms. The highest BCUT2D eigenvalue weighted by Crippen LogP contribution is 2.49. The molecule has 0 bridgehead atoms. The van der Waals surface area contributed by atoms with E-state index in [4.69, 9.17) is 0 Å². The number of unbranched alkanes of at least 4 members (excludes halogenated alkanes) is 1. The molecular weight excluding hydrogens is 132 g/mol. The first-order valence-corrected chi connectivity index (χ1v) is 5.20. The standard InChI is InChI=1S/C11H22/c1-4-6-7-11(3)8-10(5-2)9-11/h10H,4-9H2,1-3H3. The van der Waals surface area contributed by atoms with Gasteiger partial charge in [0.15, 0.2) is 0 Å². The molecule has 0 nitrogen and oxygen atoms in total. The highest BCUT2D eigenvalue weighted by Gasteiger charge is 2.37. The Bertz CT molecular complexity index is 104. The van der Waals surface area contributed by atoms with Gasteiger partial charge < -0.3 is 0 Å². The topological polar surface area (TPSA) is 0 Å². The molecule has 0 amide bonds. The molecule has 0 aliphatic heterocycles. The van der Waals surface area contributed by atoms with Crippen LogP contribution in [0.4, 0.5) is 0 Å². The zero-order chi connectivity index (χ0) is 8.32. The Morgan fingerprint density at radius 2 is 1.91 bits per heavy atom. The predicted molar refractivity (Wildman–Crippen MR) is 50.6 cm³/mol. The summed E-state index contributed by atoms with van der Waals surface area (Å²) in [6.45, 7) is 7.08. The smallest absolute Gasteiger partial charge is 0.0321 e. The molecule has 0 heterocycles. The van der Waals surface area contributed by atoms with Crippen LogP contribution in [-0.2, 0) is 0 Å². The molecule has 1 rings (SSSR count). The van der Waals surface area contributed by atoms with Crippen molar-refractivity contribution in [2.45, 2.75) is 59.3 Å². The molecule has 1 aliphatic rings. The lowest BCUT2D eigenvalue weighted by atomic mass is 9.60. The Kier molecular flexibility index (Phi) is 2.98. The van der Waals surface area contributed by atoms with Crippen LogP contribution in [0.1, 0.15) is 59.3 Å². The summed E-state index contributed by atoms with van der Waals surface area (Å²) in [6, 6.07) is 0. The summed E-state index contributed by atoms with van der Waals surface area (Å²) in [5.74, 6) is 1.07. The van der Waals surface area contributed by atoms with Crippen LogP contribution in [0.15, 0.2) is 0 Å². The zero-order valence-electron chi connectivity index (χ0n) is 8.32. The lowest BCUT2D eigenvalue weighted by Gasteiger charge is -2.45. The van der Waals surface area contributed by atoms with Crippen molar-refractivity contribution in [2.75, 3.05) is 0 Å². The van der Waals surface area contributed by atoms with Crippen LogP contribution in [0, 0.1) is 11.3 Å². The van der Waals surface area contributed by atoms with Crippen LogP contribution in [0.2, 0.25) is 0 Å². The molecule has 0 aromatic heterocycles. The maximum atomic E-state index is 2.47. The van der Waals surface area contributed by atoms with Gasteiger partial charge in [0.05, 0.1) is 0 Å². The van der Waals surface area contributed by atoms with Crippen LogP contribution >= 0.6 is 0 Å². The van der Waals surface area contributed by atoms with Crippen molar-refractivity contribution in [2.24, 2.45) is 11.3 Å². The average molecular weight is 154 g/mol. The zero-order valence-corrected chi connectivity index (χ0v) is 8.32. The molecule has 1 saturated carbocycles. The Morgan fingerprint density at radius 1 is 1.27 bits per heavy atom. The molecule has 11 heavy (non-hydrogen) atoms. The van der Waals surface area contributed by atoms with E-state index in [0.29, 0.717) is 0 Å². The van der Waals surface area contributed by atoms with Gasteiger partial charge in [0.25, 0.3) is 0 Å². The van der Waals surface area contributed by atoms with E-state index < -0.39 is 0 Å². The van der Waals surface area contributed by atoms with Gasteiger partial charge in [0, 0.05) is 0 Å². The van der Waals surface area contributed by atoms with E-state index >= 15 is 0 Å². The van der Waals surface area contributed by atoms with Crippen molar-refractivity contribution in [3.05, 3.63) is 0 Å². The summed E-state index contributed by atoms with van der Waals surface area (Å²) in [5, 5.41) is 0. The van der Waals surface area contributed by atoms with E-state index in [1.807, 2.05) is 0 Å². The van der Waals surface area contributed by atoms with Gasteiger partial charge in [0.2, 0.25) is 0 Å². The molecule has 1 fully saturated rings. The Hall–Kier alpha value is 0. The van der Waals surface area contributed by atoms with Crippen LogP contribution in [0.25, 0.3) is 0 Å². The molecule has 0 atom stereocenters. The van der Waals surface area contributed by atoms with Crippen LogP contribution in [-0.4, -0.2) is 0 Å². The number of hydrogen-bond acceptors (Lipinski definition) is 0. The van der Waals surface area contributed by atoms with E-state index in [1.54, 1.807) is 0 Å². The third kappa shape index (κ3) is 2.21. The van der Waals surface area contributed by atoms with E-state index in [1.165, 1.54) is 38.5 Å². The van der Waals surface area contributed by atoms with Gasteiger partial charge >= 0.3 is 0 Å². The SMILES string of the molecule is CCCCC1(C)CC(CC)C1. The largest absolute Gasteiger partial charge is 0.0654 e. The third-order valence-corrected chi connectivity index (χ3v) is 3.27. The summed E-state index contributed by atoms with van der Waals surface area (Å²) >= 11 is 0. The van der Waals surface area contributed by atoms with Crippen molar-refractivity contribution in [3.63, 3.8) is 0 Å². The fourth-order valence-electron chi connectivity index (χ4n) is 2.43. The Balaban J connectivity index is 2.15. The second-order valence-corrected chi connectivity index (χ2v) is 4.60. The van der Waals surface area contributed by atoms with Gasteiger partial charge in [-0.05, 0) is 30.6 Å². The lowest BCUT2D eigenvalue weighted by molar-refractivity contribution is 0.0604. The summed E-state index contributed by atoms with van der Waals surface area (Å²) in [5.41, 5.74) is 0.747. The van der Waals surface area contributed by atoms with Crippen molar-refractivity contribution in [3.8, 4) is 0 Å². The summed E-state index contributed by atoms with van der Waals surface area (Å²) < 4.78 is 0. The quantitative estimate of drug-likeness (QED) is 0.574. The molecule has 0 radical (unpaired) electrons. The predicted octanol–water partition coefficient (Wildman–Crippen LogP) is 4.00. The van der Waals surface area contributed by atoms with Crippen molar-refractivity contribution in [1.82, 2.24) is 0 Å². The molecule has 0 N–H and O–H groups in total. The van der Waals surface area contributed by atoms with Crippen molar-refractivity contribution < 1.29 is 0 Å². The molecule has 0 unspecified atom stereocenters. The minimum atomic E-state index is 0.747. The van der Waals surface area contributed by atoms with Gasteiger partial charge in [-0.2, -0.15) is 0 Å². The fraction of sp³-hybridized carbons (Fsp3) is 1.00. The fourth-order valence-corrected chi connectivity index (χ4v) is 2.43. The minimum Gasteiger partial charge on any atom is -0.0654 e. The Labute approximate surface area is 71.4 Å². The third-order valence-electron chi connectivity index (χ3n) is 3.27. The van der Waals surface area contributed by atoms with Gasteiger partial charge in [0.1, 0.15) is 0 Å². The monoisotopic (exact) mass is 154 g/mol. The molecule has 0 aromatic carbocycles. The van der Waals surface area contributed by atoms with Gasteiger partial charge in [-0.15, -0.1) is 0 Å². The Morgan fingerprint density at radius 3 is 2.36 bits per heavy atom. The summed E-state index contributed by atoms with van der Waals surface area (Å²) in [4.78, 5) is 0. The maximum absolute atomic E-state index is 2.47. The highest BCUT2D eigenvalue weighted by molar-refractivity contribution is 4.89. The molecule has 0 saturated heterocycles. The maximum Gasteiger partial charge on any atom is -0.0321 e. The lowest BCUT2D eigenvalue weighted by Crippen LogP contribution is -2.33. The summed E-state index contributed by atoms with van der Waals surface area (Å²) in [6.07, 6.45) is 8.69. The van der Waals surface area contributed by atoms with E-state index in [9.17, 15) is 0 Å². The normalized spacial score (nSPS) is 36.8. The van der Waals surface area contributed by atoms with Crippen LogP contribution in [0.5, 0.6) is 0 Å². The molecule has 66 valence electrons. The summed E-state index contributed by atoms with van der Waals surface area (Å²) in [7, 11) is 0. The first-order chi connectivity index (χ1) is 5.20. The minimum absolute atomic E-state index is 0.747. The average Bonchev–Trinajstić information content (AvgIpc) is 1.95. The second-order valence-electron chi connectivity index (χ2n) is 4.60. The van der Waals surface area contributed by atoms with Crippen LogP contribution in [0.3, 0.4) is 0 Å². The van der Waals surface area contributed by atoms with Gasteiger partial charge in [-0.3, -0.25) is 0 Å². The van der Waals surface area contributed by atoms with Gasteiger partial charge in [-0.25, -0.2) is 0 Å².